The van der Waals surface area contributed by atoms with Crippen LogP contribution < -0.4 is 11.1 Å². The van der Waals surface area contributed by atoms with Crippen LogP contribution >= 0.6 is 0 Å². The summed E-state index contributed by atoms with van der Waals surface area (Å²) in [5, 5.41) is 2.72. The first kappa shape index (κ1) is 18.1. The molecule has 1 fully saturated rings. The summed E-state index contributed by atoms with van der Waals surface area (Å²) in [6, 6.07) is 4.46. The van der Waals surface area contributed by atoms with Crippen molar-refractivity contribution in [1.82, 2.24) is 4.90 Å². The molecule has 0 aliphatic carbocycles. The van der Waals surface area contributed by atoms with Crippen LogP contribution in [0.4, 0.5) is 18.9 Å². The lowest BCUT2D eigenvalue weighted by molar-refractivity contribution is -0.137. The van der Waals surface area contributed by atoms with E-state index in [-0.39, 0.29) is 30.6 Å². The lowest BCUT2D eigenvalue weighted by atomic mass is 9.99. The summed E-state index contributed by atoms with van der Waals surface area (Å²) in [7, 11) is 0. The van der Waals surface area contributed by atoms with E-state index in [4.69, 9.17) is 5.73 Å². The lowest BCUT2D eigenvalue weighted by Gasteiger charge is -2.35. The second kappa shape index (κ2) is 7.55. The van der Waals surface area contributed by atoms with Gasteiger partial charge in [0.05, 0.1) is 12.1 Å². The Morgan fingerprint density at radius 2 is 2.04 bits per heavy atom. The van der Waals surface area contributed by atoms with Gasteiger partial charge in [-0.15, -0.1) is 0 Å². The molecule has 0 radical (unpaired) electrons. The molecule has 1 saturated heterocycles. The largest absolute Gasteiger partial charge is 0.416 e. The Balaban J connectivity index is 1.98. The van der Waals surface area contributed by atoms with Crippen LogP contribution in [-0.4, -0.2) is 35.8 Å². The van der Waals surface area contributed by atoms with E-state index in [1.54, 1.807) is 4.90 Å². The highest BCUT2D eigenvalue weighted by molar-refractivity contribution is 5.82. The van der Waals surface area contributed by atoms with Crippen LogP contribution in [0.15, 0.2) is 24.3 Å². The highest BCUT2D eigenvalue weighted by Gasteiger charge is 2.31. The maximum Gasteiger partial charge on any atom is 0.416 e. The van der Waals surface area contributed by atoms with Crippen molar-refractivity contribution in [3.63, 3.8) is 0 Å². The Morgan fingerprint density at radius 3 is 2.71 bits per heavy atom. The second-order valence-corrected chi connectivity index (χ2v) is 5.84. The van der Waals surface area contributed by atoms with Crippen molar-refractivity contribution in [3.05, 3.63) is 29.8 Å². The van der Waals surface area contributed by atoms with Gasteiger partial charge in [0.15, 0.2) is 0 Å². The minimum absolute atomic E-state index is 0.106. The molecule has 1 atom stereocenters. The molecule has 1 aliphatic rings. The predicted octanol–water partition coefficient (Wildman–Crippen LogP) is 2.37. The highest BCUT2D eigenvalue weighted by Crippen LogP contribution is 2.30. The number of hydrogen-bond donors (Lipinski definition) is 2. The van der Waals surface area contributed by atoms with Crippen LogP contribution in [0.2, 0.25) is 0 Å². The number of nitrogens with zero attached hydrogens (tertiary/aromatic N) is 1. The number of primary amides is 1. The SMILES string of the molecule is NC(=O)C[C@H]1CCCCN1C(=O)CNc1cccc(C(F)(F)F)c1. The number of anilines is 1. The average Bonchev–Trinajstić information content (AvgIpc) is 2.52. The molecule has 0 spiro atoms. The first-order valence-electron chi connectivity index (χ1n) is 7.76. The number of halogens is 3. The number of amides is 2. The van der Waals surface area contributed by atoms with E-state index in [1.807, 2.05) is 0 Å². The number of nitrogens with one attached hydrogen (secondary N) is 1. The zero-order valence-corrected chi connectivity index (χ0v) is 13.1. The third-order valence-corrected chi connectivity index (χ3v) is 4.02. The summed E-state index contributed by atoms with van der Waals surface area (Å²) < 4.78 is 38.1. The maximum atomic E-state index is 12.7. The van der Waals surface area contributed by atoms with Crippen LogP contribution in [0.5, 0.6) is 0 Å². The van der Waals surface area contributed by atoms with Crippen molar-refractivity contribution in [3.8, 4) is 0 Å². The van der Waals surface area contributed by atoms with Crippen molar-refractivity contribution in [2.45, 2.75) is 37.9 Å². The fourth-order valence-corrected chi connectivity index (χ4v) is 2.86. The van der Waals surface area contributed by atoms with Gasteiger partial charge in [-0.1, -0.05) is 6.07 Å². The third-order valence-electron chi connectivity index (χ3n) is 4.02. The Labute approximate surface area is 138 Å². The van der Waals surface area contributed by atoms with Crippen LogP contribution in [0, 0.1) is 0 Å². The molecular formula is C16H20F3N3O2. The molecule has 2 rings (SSSR count). The van der Waals surface area contributed by atoms with Crippen molar-refractivity contribution >= 4 is 17.5 Å². The van der Waals surface area contributed by atoms with Crippen LogP contribution in [-0.2, 0) is 15.8 Å². The third kappa shape index (κ3) is 4.87. The Morgan fingerprint density at radius 1 is 1.29 bits per heavy atom. The summed E-state index contributed by atoms with van der Waals surface area (Å²) in [5.74, 6) is -0.719. The Kier molecular flexibility index (Phi) is 5.69. The summed E-state index contributed by atoms with van der Waals surface area (Å²) in [4.78, 5) is 25.0. The van der Waals surface area contributed by atoms with Gasteiger partial charge >= 0.3 is 6.18 Å². The zero-order chi connectivity index (χ0) is 17.7. The molecule has 0 unspecified atom stereocenters. The van der Waals surface area contributed by atoms with Crippen molar-refractivity contribution < 1.29 is 22.8 Å². The van der Waals surface area contributed by atoms with Crippen molar-refractivity contribution in [2.24, 2.45) is 5.73 Å². The molecule has 0 saturated carbocycles. The molecular weight excluding hydrogens is 323 g/mol. The number of alkyl halides is 3. The van der Waals surface area contributed by atoms with Crippen molar-refractivity contribution in [1.29, 1.82) is 0 Å². The van der Waals surface area contributed by atoms with E-state index >= 15 is 0 Å². The monoisotopic (exact) mass is 343 g/mol. The topological polar surface area (TPSA) is 75.4 Å². The molecule has 132 valence electrons. The lowest BCUT2D eigenvalue weighted by Crippen LogP contribution is -2.47. The molecule has 1 aliphatic heterocycles. The maximum absolute atomic E-state index is 12.7. The van der Waals surface area contributed by atoms with Gasteiger partial charge in [-0.3, -0.25) is 9.59 Å². The minimum Gasteiger partial charge on any atom is -0.376 e. The van der Waals surface area contributed by atoms with E-state index in [9.17, 15) is 22.8 Å². The van der Waals surface area contributed by atoms with Crippen LogP contribution in [0.25, 0.3) is 0 Å². The fraction of sp³-hybridized carbons (Fsp3) is 0.500. The van der Waals surface area contributed by atoms with E-state index in [0.29, 0.717) is 13.0 Å². The summed E-state index contributed by atoms with van der Waals surface area (Å²) in [5.41, 5.74) is 4.66. The van der Waals surface area contributed by atoms with Gasteiger partial charge in [0.25, 0.3) is 0 Å². The van der Waals surface area contributed by atoms with Gasteiger partial charge in [0.1, 0.15) is 0 Å². The molecule has 3 N–H and O–H groups in total. The zero-order valence-electron chi connectivity index (χ0n) is 13.1. The number of nitrogens with two attached hydrogens (primary N) is 1. The molecule has 0 aromatic heterocycles. The number of carbonyl (C=O) groups is 2. The minimum atomic E-state index is -4.43. The second-order valence-electron chi connectivity index (χ2n) is 5.84. The van der Waals surface area contributed by atoms with Crippen LogP contribution in [0.3, 0.4) is 0 Å². The molecule has 2 amide bonds. The summed E-state index contributed by atoms with van der Waals surface area (Å²) >= 11 is 0. The van der Waals surface area contributed by atoms with Gasteiger partial charge in [-0.05, 0) is 37.5 Å². The Bertz CT molecular complexity index is 604. The number of carbonyl (C=O) groups excluding carboxylic acids is 2. The molecule has 1 aromatic carbocycles. The smallest absolute Gasteiger partial charge is 0.376 e. The molecule has 1 aromatic rings. The van der Waals surface area contributed by atoms with Gasteiger partial charge in [-0.25, -0.2) is 0 Å². The highest BCUT2D eigenvalue weighted by atomic mass is 19.4. The summed E-state index contributed by atoms with van der Waals surface area (Å²) in [6.45, 7) is 0.400. The van der Waals surface area contributed by atoms with Crippen LogP contribution in [0.1, 0.15) is 31.2 Å². The normalized spacial score (nSPS) is 18.3. The number of rotatable bonds is 5. The van der Waals surface area contributed by atoms with E-state index in [2.05, 4.69) is 5.32 Å². The number of benzene rings is 1. The molecule has 5 nitrogen and oxygen atoms in total. The van der Waals surface area contributed by atoms with Gasteiger partial charge < -0.3 is 16.0 Å². The van der Waals surface area contributed by atoms with E-state index < -0.39 is 17.6 Å². The van der Waals surface area contributed by atoms with E-state index in [1.165, 1.54) is 12.1 Å². The van der Waals surface area contributed by atoms with Gasteiger partial charge in [-0.2, -0.15) is 13.2 Å². The van der Waals surface area contributed by atoms with Gasteiger partial charge in [0, 0.05) is 24.7 Å². The quantitative estimate of drug-likeness (QED) is 0.862. The Hall–Kier alpha value is -2.25. The first-order valence-corrected chi connectivity index (χ1v) is 7.76. The standard InChI is InChI=1S/C16H20F3N3O2/c17-16(18,19)11-4-3-5-12(8-11)21-10-15(24)22-7-2-1-6-13(22)9-14(20)23/h3-5,8,13,21H,1-2,6-7,9-10H2,(H2,20,23)/t13-/m1/s1. The number of likely N-dealkylation sites (tertiary alicyclic amines) is 1. The molecule has 1 heterocycles. The number of piperidine rings is 1. The molecule has 8 heteroatoms. The van der Waals surface area contributed by atoms with Crippen molar-refractivity contribution in [2.75, 3.05) is 18.4 Å². The average molecular weight is 343 g/mol. The number of hydrogen-bond acceptors (Lipinski definition) is 3. The molecule has 0 bridgehead atoms. The summed E-state index contributed by atoms with van der Waals surface area (Å²) in [6.07, 6.45) is -1.86. The van der Waals surface area contributed by atoms with Gasteiger partial charge in [0.2, 0.25) is 11.8 Å². The fourth-order valence-electron chi connectivity index (χ4n) is 2.86. The van der Waals surface area contributed by atoms with E-state index in [0.717, 1.165) is 25.0 Å². The first-order chi connectivity index (χ1) is 11.3. The predicted molar refractivity (Wildman–Crippen MR) is 83.1 cm³/mol. The molecule has 24 heavy (non-hydrogen) atoms.